The standard InChI is InChI=1S/C29H23P/c1-20-8-2-7-13-27(20)30-18-23-16-14-21-9-3-5-11-25(21)28(23)29-24(19-30)17-15-22-10-4-6-12-26(22)29/h2-17H,18-19H2,1H3. The summed E-state index contributed by atoms with van der Waals surface area (Å²) in [6, 6.07) is 36.2. The number of hydrogen-bond donors (Lipinski definition) is 0. The van der Waals surface area contributed by atoms with Gasteiger partial charge in [-0.2, -0.15) is 0 Å². The zero-order valence-electron chi connectivity index (χ0n) is 17.1. The number of fused-ring (bicyclic) bond motifs is 7. The predicted octanol–water partition coefficient (Wildman–Crippen LogP) is 7.79. The highest BCUT2D eigenvalue weighted by molar-refractivity contribution is 7.64. The molecule has 0 saturated carbocycles. The van der Waals surface area contributed by atoms with Crippen molar-refractivity contribution in [3.63, 3.8) is 0 Å². The molecule has 0 atom stereocenters. The van der Waals surface area contributed by atoms with Crippen LogP contribution in [0.3, 0.4) is 0 Å². The Kier molecular flexibility index (Phi) is 4.22. The van der Waals surface area contributed by atoms with Crippen molar-refractivity contribution in [1.29, 1.82) is 0 Å². The molecule has 1 aliphatic heterocycles. The molecule has 0 aliphatic carbocycles. The quantitative estimate of drug-likeness (QED) is 0.251. The molecule has 6 rings (SSSR count). The van der Waals surface area contributed by atoms with Gasteiger partial charge in [-0.25, -0.2) is 0 Å². The van der Waals surface area contributed by atoms with Gasteiger partial charge in [0.1, 0.15) is 0 Å². The highest BCUT2D eigenvalue weighted by atomic mass is 31.1. The molecule has 5 aromatic rings. The molecule has 1 heteroatoms. The molecule has 0 radical (unpaired) electrons. The van der Waals surface area contributed by atoms with Crippen molar-refractivity contribution >= 4 is 34.8 Å². The van der Waals surface area contributed by atoms with E-state index in [2.05, 4.69) is 104 Å². The summed E-state index contributed by atoms with van der Waals surface area (Å²) in [7, 11) is -0.298. The lowest BCUT2D eigenvalue weighted by Gasteiger charge is -2.19. The van der Waals surface area contributed by atoms with Crippen molar-refractivity contribution in [2.75, 3.05) is 0 Å². The zero-order valence-corrected chi connectivity index (χ0v) is 18.0. The Labute approximate surface area is 178 Å². The maximum Gasteiger partial charge on any atom is -0.00233 e. The van der Waals surface area contributed by atoms with Crippen LogP contribution in [0.1, 0.15) is 16.7 Å². The van der Waals surface area contributed by atoms with E-state index in [0.717, 1.165) is 12.3 Å². The van der Waals surface area contributed by atoms with Crippen LogP contribution in [-0.2, 0) is 12.3 Å². The maximum absolute atomic E-state index is 2.39. The van der Waals surface area contributed by atoms with Crippen LogP contribution >= 0.6 is 7.92 Å². The summed E-state index contributed by atoms with van der Waals surface area (Å²) in [5.41, 5.74) is 7.34. The molecule has 5 aromatic carbocycles. The summed E-state index contributed by atoms with van der Waals surface area (Å²) in [6.07, 6.45) is 2.28. The molecule has 1 heterocycles. The normalized spacial score (nSPS) is 13.8. The van der Waals surface area contributed by atoms with Crippen molar-refractivity contribution in [1.82, 2.24) is 0 Å². The van der Waals surface area contributed by atoms with E-state index in [4.69, 9.17) is 0 Å². The highest BCUT2D eigenvalue weighted by Crippen LogP contribution is 2.52. The first-order valence-electron chi connectivity index (χ1n) is 10.6. The van der Waals surface area contributed by atoms with Crippen LogP contribution in [0.5, 0.6) is 0 Å². The second-order valence-corrected chi connectivity index (χ2v) is 10.5. The Morgan fingerprint density at radius 1 is 0.533 bits per heavy atom. The minimum Gasteiger partial charge on any atom is -0.0660 e. The fourth-order valence-corrected chi connectivity index (χ4v) is 7.72. The van der Waals surface area contributed by atoms with Crippen molar-refractivity contribution in [2.45, 2.75) is 19.2 Å². The third-order valence-electron chi connectivity index (χ3n) is 6.46. The first-order valence-corrected chi connectivity index (χ1v) is 12.3. The van der Waals surface area contributed by atoms with Gasteiger partial charge >= 0.3 is 0 Å². The average molecular weight is 402 g/mol. The zero-order chi connectivity index (χ0) is 20.1. The van der Waals surface area contributed by atoms with Crippen LogP contribution in [0, 0.1) is 6.92 Å². The highest BCUT2D eigenvalue weighted by Gasteiger charge is 2.25. The summed E-state index contributed by atoms with van der Waals surface area (Å²) in [5, 5.41) is 6.98. The topological polar surface area (TPSA) is 0 Å². The third-order valence-corrected chi connectivity index (χ3v) is 9.09. The van der Waals surface area contributed by atoms with Gasteiger partial charge in [-0.05, 0) is 73.9 Å². The first-order chi connectivity index (χ1) is 14.8. The monoisotopic (exact) mass is 402 g/mol. The van der Waals surface area contributed by atoms with Gasteiger partial charge in [0.2, 0.25) is 0 Å². The second kappa shape index (κ2) is 7.08. The lowest BCUT2D eigenvalue weighted by atomic mass is 9.88. The molecule has 0 fully saturated rings. The van der Waals surface area contributed by atoms with Gasteiger partial charge in [-0.3, -0.25) is 0 Å². The molecule has 0 saturated heterocycles. The summed E-state index contributed by atoms with van der Waals surface area (Å²) in [5.74, 6) is 0. The van der Waals surface area contributed by atoms with E-state index in [-0.39, 0.29) is 7.92 Å². The summed E-state index contributed by atoms with van der Waals surface area (Å²) in [6.45, 7) is 2.27. The van der Waals surface area contributed by atoms with Gasteiger partial charge in [-0.1, -0.05) is 105 Å². The van der Waals surface area contributed by atoms with Gasteiger partial charge < -0.3 is 0 Å². The Morgan fingerprint density at radius 3 is 1.60 bits per heavy atom. The molecule has 1 aliphatic rings. The van der Waals surface area contributed by atoms with E-state index in [1.54, 1.807) is 5.30 Å². The van der Waals surface area contributed by atoms with Crippen molar-refractivity contribution in [2.24, 2.45) is 0 Å². The Hall–Kier alpha value is -2.95. The lowest BCUT2D eigenvalue weighted by molar-refractivity contribution is 1.39. The van der Waals surface area contributed by atoms with Crippen LogP contribution < -0.4 is 5.30 Å². The molecule has 0 aromatic heterocycles. The van der Waals surface area contributed by atoms with Crippen LogP contribution in [0.4, 0.5) is 0 Å². The maximum atomic E-state index is 2.39. The Balaban J connectivity index is 1.71. The molecule has 144 valence electrons. The fourth-order valence-electron chi connectivity index (χ4n) is 5.04. The molecule has 0 spiro atoms. The summed E-state index contributed by atoms with van der Waals surface area (Å²) in [4.78, 5) is 0. The van der Waals surface area contributed by atoms with E-state index in [0.29, 0.717) is 0 Å². The molecule has 0 bridgehead atoms. The number of hydrogen-bond acceptors (Lipinski definition) is 0. The second-order valence-electron chi connectivity index (χ2n) is 8.28. The van der Waals surface area contributed by atoms with Gasteiger partial charge in [0.15, 0.2) is 0 Å². The van der Waals surface area contributed by atoms with E-state index < -0.39 is 0 Å². The first kappa shape index (κ1) is 17.9. The van der Waals surface area contributed by atoms with Crippen LogP contribution in [0.15, 0.2) is 97.1 Å². The van der Waals surface area contributed by atoms with Gasteiger partial charge in [0.05, 0.1) is 0 Å². The van der Waals surface area contributed by atoms with E-state index >= 15 is 0 Å². The minimum atomic E-state index is -0.298. The van der Waals surface area contributed by atoms with Gasteiger partial charge in [0.25, 0.3) is 0 Å². The third kappa shape index (κ3) is 2.79. The van der Waals surface area contributed by atoms with Crippen molar-refractivity contribution < 1.29 is 0 Å². The van der Waals surface area contributed by atoms with E-state index in [1.807, 2.05) is 0 Å². The Morgan fingerprint density at radius 2 is 1.03 bits per heavy atom. The smallest absolute Gasteiger partial charge is 0.00233 e. The van der Waals surface area contributed by atoms with Gasteiger partial charge in [-0.15, -0.1) is 0 Å². The van der Waals surface area contributed by atoms with E-state index in [9.17, 15) is 0 Å². The van der Waals surface area contributed by atoms with Crippen molar-refractivity contribution in [3.8, 4) is 11.1 Å². The molecule has 0 nitrogen and oxygen atoms in total. The van der Waals surface area contributed by atoms with Crippen LogP contribution in [0.25, 0.3) is 32.7 Å². The molecule has 0 amide bonds. The SMILES string of the molecule is Cc1ccccc1P1Cc2ccc3ccccc3c2-c2c(ccc3ccccc23)C1. The van der Waals surface area contributed by atoms with E-state index in [1.165, 1.54) is 49.4 Å². The van der Waals surface area contributed by atoms with Crippen LogP contribution in [0.2, 0.25) is 0 Å². The van der Waals surface area contributed by atoms with Crippen LogP contribution in [-0.4, -0.2) is 0 Å². The number of benzene rings is 5. The molecule has 0 unspecified atom stereocenters. The molecular weight excluding hydrogens is 379 g/mol. The largest absolute Gasteiger partial charge is 0.0660 e. The predicted molar refractivity (Wildman–Crippen MR) is 132 cm³/mol. The number of aryl methyl sites for hydroxylation is 1. The summed E-state index contributed by atoms with van der Waals surface area (Å²) < 4.78 is 0. The minimum absolute atomic E-state index is 0.298. The lowest BCUT2D eigenvalue weighted by Crippen LogP contribution is -2.07. The van der Waals surface area contributed by atoms with Crippen molar-refractivity contribution in [3.05, 3.63) is 114 Å². The fraction of sp³-hybridized carbons (Fsp3) is 0.103. The summed E-state index contributed by atoms with van der Waals surface area (Å²) >= 11 is 0. The molecule has 0 N–H and O–H groups in total. The molecule has 30 heavy (non-hydrogen) atoms. The Bertz CT molecular complexity index is 1330. The average Bonchev–Trinajstić information content (AvgIpc) is 2.96. The molecular formula is C29H23P. The van der Waals surface area contributed by atoms with Gasteiger partial charge in [0, 0.05) is 0 Å². The number of rotatable bonds is 1.